The molecule has 0 atom stereocenters. The summed E-state index contributed by atoms with van der Waals surface area (Å²) in [4.78, 5) is 26.6. The second kappa shape index (κ2) is 6.68. The fourth-order valence-electron chi connectivity index (χ4n) is 2.84. The van der Waals surface area contributed by atoms with Crippen LogP contribution in [0, 0.1) is 5.92 Å². The average molecular weight is 340 g/mol. The van der Waals surface area contributed by atoms with Crippen LogP contribution in [-0.2, 0) is 9.53 Å². The van der Waals surface area contributed by atoms with E-state index in [1.54, 1.807) is 15.6 Å². The SMILES string of the molecule is O=C(Nc1cc(C(=O)N2CCOCC2)nn1-c1ccccc1)C1CC1. The molecule has 2 amide bonds. The number of rotatable bonds is 4. The summed E-state index contributed by atoms with van der Waals surface area (Å²) in [5, 5.41) is 7.37. The van der Waals surface area contributed by atoms with Gasteiger partial charge in [0.05, 0.1) is 18.9 Å². The van der Waals surface area contributed by atoms with E-state index in [-0.39, 0.29) is 17.7 Å². The molecule has 4 rings (SSSR count). The van der Waals surface area contributed by atoms with Crippen molar-refractivity contribution in [3.05, 3.63) is 42.1 Å². The zero-order valence-electron chi connectivity index (χ0n) is 13.9. The molecule has 2 heterocycles. The normalized spacial score (nSPS) is 17.4. The second-order valence-electron chi connectivity index (χ2n) is 6.33. The molecule has 1 aliphatic carbocycles. The molecule has 2 fully saturated rings. The molecule has 0 radical (unpaired) electrons. The highest BCUT2D eigenvalue weighted by Crippen LogP contribution is 2.30. The van der Waals surface area contributed by atoms with E-state index in [2.05, 4.69) is 10.4 Å². The summed E-state index contributed by atoms with van der Waals surface area (Å²) in [5.74, 6) is 0.458. The van der Waals surface area contributed by atoms with Gasteiger partial charge >= 0.3 is 0 Å². The first kappa shape index (κ1) is 15.8. The maximum atomic E-state index is 12.7. The van der Waals surface area contributed by atoms with Gasteiger partial charge in [-0.05, 0) is 25.0 Å². The Kier molecular flexibility index (Phi) is 4.23. The number of benzene rings is 1. The predicted octanol–water partition coefficient (Wildman–Crippen LogP) is 1.69. The quantitative estimate of drug-likeness (QED) is 0.919. The highest BCUT2D eigenvalue weighted by molar-refractivity contribution is 5.97. The number of hydrogen-bond donors (Lipinski definition) is 1. The second-order valence-corrected chi connectivity index (χ2v) is 6.33. The Morgan fingerprint density at radius 1 is 1.12 bits per heavy atom. The predicted molar refractivity (Wildman–Crippen MR) is 91.6 cm³/mol. The van der Waals surface area contributed by atoms with Crippen LogP contribution in [0.15, 0.2) is 36.4 Å². The smallest absolute Gasteiger partial charge is 0.274 e. The molecule has 1 aromatic carbocycles. The summed E-state index contributed by atoms with van der Waals surface area (Å²) in [7, 11) is 0. The molecule has 1 saturated heterocycles. The van der Waals surface area contributed by atoms with Crippen molar-refractivity contribution in [2.45, 2.75) is 12.8 Å². The zero-order valence-corrected chi connectivity index (χ0v) is 13.9. The number of nitrogens with zero attached hydrogens (tertiary/aromatic N) is 3. The third kappa shape index (κ3) is 3.41. The summed E-state index contributed by atoms with van der Waals surface area (Å²) in [6.45, 7) is 2.19. The van der Waals surface area contributed by atoms with Crippen LogP contribution >= 0.6 is 0 Å². The summed E-state index contributed by atoms with van der Waals surface area (Å²) in [6.07, 6.45) is 1.84. The van der Waals surface area contributed by atoms with E-state index >= 15 is 0 Å². The minimum absolute atomic E-state index is 0.0116. The van der Waals surface area contributed by atoms with Gasteiger partial charge in [0.2, 0.25) is 5.91 Å². The Hall–Kier alpha value is -2.67. The third-order valence-corrected chi connectivity index (χ3v) is 4.43. The number of anilines is 1. The van der Waals surface area contributed by atoms with Gasteiger partial charge in [-0.2, -0.15) is 5.10 Å². The van der Waals surface area contributed by atoms with Gasteiger partial charge in [-0.1, -0.05) is 18.2 Å². The van der Waals surface area contributed by atoms with E-state index in [1.807, 2.05) is 30.3 Å². The summed E-state index contributed by atoms with van der Waals surface area (Å²) in [5.41, 5.74) is 1.13. The maximum absolute atomic E-state index is 12.7. The molecule has 0 unspecified atom stereocenters. The Balaban J connectivity index is 1.64. The van der Waals surface area contributed by atoms with Gasteiger partial charge in [0.1, 0.15) is 5.82 Å². The molecule has 130 valence electrons. The number of morpholine rings is 1. The number of carbonyl (C=O) groups is 2. The van der Waals surface area contributed by atoms with Crippen molar-refractivity contribution in [2.24, 2.45) is 5.92 Å². The minimum atomic E-state index is -0.139. The van der Waals surface area contributed by atoms with E-state index in [0.717, 1.165) is 18.5 Å². The van der Waals surface area contributed by atoms with Crippen LogP contribution < -0.4 is 5.32 Å². The lowest BCUT2D eigenvalue weighted by Crippen LogP contribution is -2.40. The van der Waals surface area contributed by atoms with Crippen LogP contribution in [0.25, 0.3) is 5.69 Å². The average Bonchev–Trinajstić information content (AvgIpc) is 3.44. The van der Waals surface area contributed by atoms with Crippen molar-refractivity contribution in [3.8, 4) is 5.69 Å². The van der Waals surface area contributed by atoms with Gasteiger partial charge in [-0.25, -0.2) is 4.68 Å². The Bertz CT molecular complexity index is 777. The molecule has 1 N–H and O–H groups in total. The molecule has 7 nitrogen and oxygen atoms in total. The Labute approximate surface area is 145 Å². The highest BCUT2D eigenvalue weighted by atomic mass is 16.5. The van der Waals surface area contributed by atoms with E-state index in [9.17, 15) is 9.59 Å². The molecule has 7 heteroatoms. The molecular weight excluding hydrogens is 320 g/mol. The van der Waals surface area contributed by atoms with Gasteiger partial charge < -0.3 is 15.0 Å². The van der Waals surface area contributed by atoms with Gasteiger partial charge in [0.15, 0.2) is 5.69 Å². The van der Waals surface area contributed by atoms with Crippen LogP contribution in [-0.4, -0.2) is 52.8 Å². The highest BCUT2D eigenvalue weighted by Gasteiger charge is 2.31. The first-order valence-corrected chi connectivity index (χ1v) is 8.56. The van der Waals surface area contributed by atoms with Crippen LogP contribution in [0.1, 0.15) is 23.3 Å². The van der Waals surface area contributed by atoms with Crippen molar-refractivity contribution in [1.29, 1.82) is 0 Å². The van der Waals surface area contributed by atoms with Gasteiger partial charge in [-0.3, -0.25) is 9.59 Å². The van der Waals surface area contributed by atoms with E-state index in [1.165, 1.54) is 0 Å². The number of para-hydroxylation sites is 1. The molecule has 0 spiro atoms. The number of amides is 2. The van der Waals surface area contributed by atoms with Crippen molar-refractivity contribution in [2.75, 3.05) is 31.6 Å². The van der Waals surface area contributed by atoms with Crippen LogP contribution in [0.3, 0.4) is 0 Å². The van der Waals surface area contributed by atoms with Crippen LogP contribution in [0.2, 0.25) is 0 Å². The third-order valence-electron chi connectivity index (χ3n) is 4.43. The molecule has 2 aromatic rings. The molecule has 1 aliphatic heterocycles. The van der Waals surface area contributed by atoms with Crippen molar-refractivity contribution >= 4 is 17.6 Å². The largest absolute Gasteiger partial charge is 0.378 e. The lowest BCUT2D eigenvalue weighted by atomic mass is 10.3. The zero-order chi connectivity index (χ0) is 17.2. The number of carbonyl (C=O) groups excluding carboxylic acids is 2. The number of ether oxygens (including phenoxy) is 1. The van der Waals surface area contributed by atoms with E-state index in [0.29, 0.717) is 37.8 Å². The molecule has 1 aromatic heterocycles. The molecule has 0 bridgehead atoms. The lowest BCUT2D eigenvalue weighted by molar-refractivity contribution is -0.117. The molecule has 2 aliphatic rings. The van der Waals surface area contributed by atoms with Crippen molar-refractivity contribution < 1.29 is 14.3 Å². The number of nitrogens with one attached hydrogen (secondary N) is 1. The molecule has 1 saturated carbocycles. The van der Waals surface area contributed by atoms with E-state index in [4.69, 9.17) is 4.74 Å². The first-order chi connectivity index (χ1) is 12.2. The summed E-state index contributed by atoms with van der Waals surface area (Å²) < 4.78 is 6.91. The fourth-order valence-corrected chi connectivity index (χ4v) is 2.84. The number of aromatic nitrogens is 2. The first-order valence-electron chi connectivity index (χ1n) is 8.56. The van der Waals surface area contributed by atoms with Gasteiger partial charge in [0, 0.05) is 25.1 Å². The molecule has 25 heavy (non-hydrogen) atoms. The Morgan fingerprint density at radius 3 is 2.52 bits per heavy atom. The summed E-state index contributed by atoms with van der Waals surface area (Å²) in [6, 6.07) is 11.1. The van der Waals surface area contributed by atoms with E-state index < -0.39 is 0 Å². The molecular formula is C18H20N4O3. The standard InChI is InChI=1S/C18H20N4O3/c23-17(13-6-7-13)19-16-12-15(18(24)21-8-10-25-11-9-21)20-22(16)14-4-2-1-3-5-14/h1-5,12-13H,6-11H2,(H,19,23). The fraction of sp³-hybridized carbons (Fsp3) is 0.389. The van der Waals surface area contributed by atoms with Crippen molar-refractivity contribution in [3.63, 3.8) is 0 Å². The number of hydrogen-bond acceptors (Lipinski definition) is 4. The van der Waals surface area contributed by atoms with Crippen LogP contribution in [0.4, 0.5) is 5.82 Å². The maximum Gasteiger partial charge on any atom is 0.274 e. The monoisotopic (exact) mass is 340 g/mol. The van der Waals surface area contributed by atoms with Crippen LogP contribution in [0.5, 0.6) is 0 Å². The van der Waals surface area contributed by atoms with Gasteiger partial charge in [-0.15, -0.1) is 0 Å². The Morgan fingerprint density at radius 2 is 1.84 bits per heavy atom. The lowest BCUT2D eigenvalue weighted by Gasteiger charge is -2.25. The minimum Gasteiger partial charge on any atom is -0.378 e. The summed E-state index contributed by atoms with van der Waals surface area (Å²) >= 11 is 0. The van der Waals surface area contributed by atoms with Crippen molar-refractivity contribution in [1.82, 2.24) is 14.7 Å². The topological polar surface area (TPSA) is 76.5 Å². The van der Waals surface area contributed by atoms with Gasteiger partial charge in [0.25, 0.3) is 5.91 Å².